The second kappa shape index (κ2) is 7.46. The molecule has 1 heterocycles. The molecule has 0 bridgehead atoms. The standard InChI is InChI=1S/C17H23N3O2S/c1-12-20-15(11-23-12)13-6-5-7-14(10-13)18-8-9-19-16(21)22-17(2,3)4/h5-7,10-11,18H,8-9H2,1-4H3,(H,19,21). The normalized spacial score (nSPS) is 11.1. The van der Waals surface area contributed by atoms with Gasteiger partial charge in [-0.25, -0.2) is 9.78 Å². The maximum atomic E-state index is 11.5. The van der Waals surface area contributed by atoms with E-state index in [9.17, 15) is 4.79 Å². The lowest BCUT2D eigenvalue weighted by atomic mass is 10.1. The number of aromatic nitrogens is 1. The Bertz CT molecular complexity index is 662. The van der Waals surface area contributed by atoms with Crippen LogP contribution in [-0.4, -0.2) is 29.8 Å². The number of hydrogen-bond donors (Lipinski definition) is 2. The van der Waals surface area contributed by atoms with Crippen molar-refractivity contribution in [2.45, 2.75) is 33.3 Å². The highest BCUT2D eigenvalue weighted by atomic mass is 32.1. The number of nitrogens with zero attached hydrogens (tertiary/aromatic N) is 1. The van der Waals surface area contributed by atoms with Crippen molar-refractivity contribution in [2.24, 2.45) is 0 Å². The zero-order valence-corrected chi connectivity index (χ0v) is 14.8. The van der Waals surface area contributed by atoms with Crippen molar-refractivity contribution in [3.8, 4) is 11.3 Å². The van der Waals surface area contributed by atoms with E-state index < -0.39 is 11.7 Å². The van der Waals surface area contributed by atoms with Crippen LogP contribution in [-0.2, 0) is 4.74 Å². The third kappa shape index (κ3) is 5.90. The summed E-state index contributed by atoms with van der Waals surface area (Å²) in [6.45, 7) is 8.65. The molecule has 2 N–H and O–H groups in total. The summed E-state index contributed by atoms with van der Waals surface area (Å²) in [4.78, 5) is 16.0. The highest BCUT2D eigenvalue weighted by Gasteiger charge is 2.15. The first kappa shape index (κ1) is 17.3. The van der Waals surface area contributed by atoms with E-state index in [1.165, 1.54) is 0 Å². The number of aryl methyl sites for hydroxylation is 1. The van der Waals surface area contributed by atoms with Gasteiger partial charge < -0.3 is 15.4 Å². The summed E-state index contributed by atoms with van der Waals surface area (Å²) in [5.74, 6) is 0. The van der Waals surface area contributed by atoms with E-state index in [0.717, 1.165) is 22.0 Å². The van der Waals surface area contributed by atoms with Crippen LogP contribution in [0.25, 0.3) is 11.3 Å². The van der Waals surface area contributed by atoms with Crippen molar-refractivity contribution in [3.63, 3.8) is 0 Å². The minimum Gasteiger partial charge on any atom is -0.444 e. The van der Waals surface area contributed by atoms with E-state index in [1.807, 2.05) is 45.9 Å². The van der Waals surface area contributed by atoms with Crippen LogP contribution in [0.1, 0.15) is 25.8 Å². The molecule has 0 radical (unpaired) electrons. The Morgan fingerprint density at radius 3 is 2.74 bits per heavy atom. The maximum Gasteiger partial charge on any atom is 0.407 e. The van der Waals surface area contributed by atoms with Gasteiger partial charge in [0.25, 0.3) is 0 Å². The van der Waals surface area contributed by atoms with Crippen molar-refractivity contribution in [2.75, 3.05) is 18.4 Å². The molecule has 0 fully saturated rings. The zero-order chi connectivity index (χ0) is 16.9. The molecule has 0 saturated heterocycles. The molecule has 2 aromatic rings. The predicted octanol–water partition coefficient (Wildman–Crippen LogP) is 4.06. The molecule has 1 aromatic carbocycles. The van der Waals surface area contributed by atoms with E-state index in [2.05, 4.69) is 27.1 Å². The Morgan fingerprint density at radius 1 is 1.30 bits per heavy atom. The highest BCUT2D eigenvalue weighted by molar-refractivity contribution is 7.09. The van der Waals surface area contributed by atoms with Gasteiger partial charge in [0.2, 0.25) is 0 Å². The van der Waals surface area contributed by atoms with Crippen LogP contribution in [0, 0.1) is 6.92 Å². The smallest absolute Gasteiger partial charge is 0.407 e. The van der Waals surface area contributed by atoms with Crippen LogP contribution in [0.15, 0.2) is 29.6 Å². The number of thiazole rings is 1. The Kier molecular flexibility index (Phi) is 5.60. The van der Waals surface area contributed by atoms with Gasteiger partial charge in [-0.05, 0) is 39.8 Å². The molecule has 0 unspecified atom stereocenters. The number of carbonyl (C=O) groups excluding carboxylic acids is 1. The Labute approximate surface area is 141 Å². The minimum absolute atomic E-state index is 0.397. The molecule has 0 aliphatic carbocycles. The van der Waals surface area contributed by atoms with Crippen molar-refractivity contribution in [3.05, 3.63) is 34.7 Å². The van der Waals surface area contributed by atoms with Gasteiger partial charge in [-0.3, -0.25) is 0 Å². The lowest BCUT2D eigenvalue weighted by Crippen LogP contribution is -2.34. The molecular weight excluding hydrogens is 310 g/mol. The Hall–Kier alpha value is -2.08. The molecule has 0 aliphatic rings. The minimum atomic E-state index is -0.475. The third-order valence-electron chi connectivity index (χ3n) is 2.90. The van der Waals surface area contributed by atoms with Crippen LogP contribution in [0.3, 0.4) is 0 Å². The number of nitrogens with one attached hydrogen (secondary N) is 2. The van der Waals surface area contributed by atoms with Gasteiger partial charge in [0.05, 0.1) is 10.7 Å². The van der Waals surface area contributed by atoms with Gasteiger partial charge >= 0.3 is 6.09 Å². The quantitative estimate of drug-likeness (QED) is 0.810. The number of alkyl carbamates (subject to hydrolysis) is 1. The fourth-order valence-corrected chi connectivity index (χ4v) is 2.59. The van der Waals surface area contributed by atoms with Gasteiger partial charge in [0.15, 0.2) is 0 Å². The third-order valence-corrected chi connectivity index (χ3v) is 3.67. The van der Waals surface area contributed by atoms with Crippen molar-refractivity contribution in [1.29, 1.82) is 0 Å². The van der Waals surface area contributed by atoms with Crippen molar-refractivity contribution >= 4 is 23.1 Å². The van der Waals surface area contributed by atoms with Crippen LogP contribution < -0.4 is 10.6 Å². The number of benzene rings is 1. The second-order valence-corrected chi connectivity index (χ2v) is 7.25. The molecule has 1 amide bonds. The first-order chi connectivity index (χ1) is 10.8. The molecule has 1 aromatic heterocycles. The Balaban J connectivity index is 1.81. The van der Waals surface area contributed by atoms with E-state index >= 15 is 0 Å². The van der Waals surface area contributed by atoms with Crippen molar-refractivity contribution < 1.29 is 9.53 Å². The lowest BCUT2D eigenvalue weighted by Gasteiger charge is -2.19. The molecule has 2 rings (SSSR count). The number of rotatable bonds is 5. The number of hydrogen-bond acceptors (Lipinski definition) is 5. The first-order valence-electron chi connectivity index (χ1n) is 7.57. The molecule has 0 spiro atoms. The van der Waals surface area contributed by atoms with Crippen LogP contribution in [0.2, 0.25) is 0 Å². The zero-order valence-electron chi connectivity index (χ0n) is 14.0. The van der Waals surface area contributed by atoms with Crippen LogP contribution >= 0.6 is 11.3 Å². The number of anilines is 1. The summed E-state index contributed by atoms with van der Waals surface area (Å²) in [7, 11) is 0. The first-order valence-corrected chi connectivity index (χ1v) is 8.45. The molecule has 124 valence electrons. The summed E-state index contributed by atoms with van der Waals surface area (Å²) in [5, 5.41) is 9.12. The second-order valence-electron chi connectivity index (χ2n) is 6.19. The monoisotopic (exact) mass is 333 g/mol. The summed E-state index contributed by atoms with van der Waals surface area (Å²) in [6, 6.07) is 8.09. The summed E-state index contributed by atoms with van der Waals surface area (Å²) >= 11 is 1.64. The van der Waals surface area contributed by atoms with Gasteiger partial charge in [-0.1, -0.05) is 12.1 Å². The van der Waals surface area contributed by atoms with E-state index in [0.29, 0.717) is 13.1 Å². The fourth-order valence-electron chi connectivity index (χ4n) is 1.97. The summed E-state index contributed by atoms with van der Waals surface area (Å²) in [6.07, 6.45) is -0.397. The largest absolute Gasteiger partial charge is 0.444 e. The van der Waals surface area contributed by atoms with Crippen LogP contribution in [0.5, 0.6) is 0 Å². The fraction of sp³-hybridized carbons (Fsp3) is 0.412. The molecular formula is C17H23N3O2S. The summed E-state index contributed by atoms with van der Waals surface area (Å²) in [5.41, 5.74) is 2.60. The Morgan fingerprint density at radius 2 is 2.09 bits per heavy atom. The van der Waals surface area contributed by atoms with Gasteiger partial charge in [0.1, 0.15) is 5.60 Å². The molecule has 23 heavy (non-hydrogen) atoms. The maximum absolute atomic E-state index is 11.5. The topological polar surface area (TPSA) is 63.2 Å². The highest BCUT2D eigenvalue weighted by Crippen LogP contribution is 2.23. The van der Waals surface area contributed by atoms with E-state index in [1.54, 1.807) is 11.3 Å². The molecule has 5 nitrogen and oxygen atoms in total. The molecule has 6 heteroatoms. The number of amides is 1. The summed E-state index contributed by atoms with van der Waals surface area (Å²) < 4.78 is 5.18. The SMILES string of the molecule is Cc1nc(-c2cccc(NCCNC(=O)OC(C)(C)C)c2)cs1. The number of ether oxygens (including phenoxy) is 1. The van der Waals surface area contributed by atoms with Gasteiger partial charge in [-0.2, -0.15) is 0 Å². The van der Waals surface area contributed by atoms with Crippen molar-refractivity contribution in [1.82, 2.24) is 10.3 Å². The average molecular weight is 333 g/mol. The van der Waals surface area contributed by atoms with E-state index in [4.69, 9.17) is 4.74 Å². The van der Waals surface area contributed by atoms with Crippen LogP contribution in [0.4, 0.5) is 10.5 Å². The van der Waals surface area contributed by atoms with Gasteiger partial charge in [0, 0.05) is 29.7 Å². The molecule has 0 aliphatic heterocycles. The lowest BCUT2D eigenvalue weighted by molar-refractivity contribution is 0.0530. The average Bonchev–Trinajstić information content (AvgIpc) is 2.89. The predicted molar refractivity (Wildman–Crippen MR) is 95.0 cm³/mol. The molecule has 0 saturated carbocycles. The number of carbonyl (C=O) groups is 1. The van der Waals surface area contributed by atoms with E-state index in [-0.39, 0.29) is 0 Å². The molecule has 0 atom stereocenters. The van der Waals surface area contributed by atoms with Gasteiger partial charge in [-0.15, -0.1) is 11.3 Å².